The van der Waals surface area contributed by atoms with Crippen molar-refractivity contribution in [1.29, 1.82) is 0 Å². The number of hydrogen-bond donors (Lipinski definition) is 1. The van der Waals surface area contributed by atoms with Gasteiger partial charge < -0.3 is 15.1 Å². The normalized spacial score (nSPS) is 28.8. The highest BCUT2D eigenvalue weighted by Gasteiger charge is 2.45. The maximum atomic E-state index is 3.95. The molecule has 0 amide bonds. The smallest absolute Gasteiger partial charge is 0.0521 e. The van der Waals surface area contributed by atoms with Gasteiger partial charge in [-0.1, -0.05) is 105 Å². The second-order valence-electron chi connectivity index (χ2n) is 12.8. The molecule has 0 radical (unpaired) electrons. The molecule has 6 aliphatic rings. The molecule has 4 atom stereocenters. The second-order valence-corrected chi connectivity index (χ2v) is 12.8. The summed E-state index contributed by atoms with van der Waals surface area (Å²) in [5.41, 5.74) is 7.86. The van der Waals surface area contributed by atoms with Crippen molar-refractivity contribution in [1.82, 2.24) is 10.2 Å². The van der Waals surface area contributed by atoms with Crippen LogP contribution in [0.1, 0.15) is 52.4 Å². The molecule has 1 aliphatic heterocycles. The van der Waals surface area contributed by atoms with Crippen molar-refractivity contribution in [3.05, 3.63) is 150 Å². The van der Waals surface area contributed by atoms with Gasteiger partial charge >= 0.3 is 0 Å². The number of piperidine rings is 1. The zero-order valence-corrected chi connectivity index (χ0v) is 25.0. The number of allylic oxidation sites excluding steroid dienone is 10. The van der Waals surface area contributed by atoms with Gasteiger partial charge in [-0.3, -0.25) is 0 Å². The number of rotatable bonds is 6. The minimum Gasteiger partial charge on any atom is -0.378 e. The van der Waals surface area contributed by atoms with E-state index in [1.807, 2.05) is 0 Å². The number of anilines is 1. The standard InChI is InChI=1S/C39H43N3/c1-39(2)35-27-33(41(29-15-7-3-8-16-29)30-17-9-4-10-18-30)23-25-37(35)40-38-26-24-34(28-36(38)39)42(31-19-11-5-12-20-31)32-21-13-6-14-22-32/h3,5,7-9,11-13,15-19,21-23,25-28,31,34-35,37,40H,4,6,10,14,20,24H2,1-2H3. The summed E-state index contributed by atoms with van der Waals surface area (Å²) < 4.78 is 0. The molecule has 1 fully saturated rings. The molecule has 5 aliphatic carbocycles. The first-order valence-corrected chi connectivity index (χ1v) is 15.9. The van der Waals surface area contributed by atoms with E-state index in [-0.39, 0.29) is 11.5 Å². The predicted octanol–water partition coefficient (Wildman–Crippen LogP) is 8.80. The van der Waals surface area contributed by atoms with Crippen LogP contribution in [0.3, 0.4) is 0 Å². The molecule has 3 nitrogen and oxygen atoms in total. The van der Waals surface area contributed by atoms with Gasteiger partial charge in [0.05, 0.1) is 18.1 Å². The number of fused-ring (bicyclic) bond motifs is 2. The third kappa shape index (κ3) is 5.00. The van der Waals surface area contributed by atoms with Crippen LogP contribution in [-0.2, 0) is 0 Å². The zero-order valence-electron chi connectivity index (χ0n) is 25.0. The van der Waals surface area contributed by atoms with Gasteiger partial charge in [-0.05, 0) is 74.5 Å². The maximum absolute atomic E-state index is 3.95. The number of nitrogens with one attached hydrogen (secondary N) is 1. The third-order valence-electron chi connectivity index (χ3n) is 9.73. The SMILES string of the molecule is CC1(C)C2=CC(N(C3=CCCC=C3)C3C=CC=CC3)CC=C2NC2C=CC(N(C3=CCCC=C3)c3ccccc3)=CC21. The molecule has 1 N–H and O–H groups in total. The van der Waals surface area contributed by atoms with Crippen molar-refractivity contribution >= 4 is 5.69 Å². The molecule has 0 bridgehead atoms. The first-order chi connectivity index (χ1) is 20.6. The summed E-state index contributed by atoms with van der Waals surface area (Å²) in [6.45, 7) is 4.92. The Hall–Kier alpha value is -3.98. The summed E-state index contributed by atoms with van der Waals surface area (Å²) in [5.74, 6) is 0.332. The molecular weight excluding hydrogens is 510 g/mol. The predicted molar refractivity (Wildman–Crippen MR) is 176 cm³/mol. The van der Waals surface area contributed by atoms with Crippen LogP contribution in [0, 0.1) is 11.3 Å². The lowest BCUT2D eigenvalue weighted by Crippen LogP contribution is -2.52. The van der Waals surface area contributed by atoms with E-state index in [1.165, 1.54) is 34.0 Å². The summed E-state index contributed by atoms with van der Waals surface area (Å²) >= 11 is 0. The molecule has 3 heteroatoms. The lowest BCUT2D eigenvalue weighted by atomic mass is 9.63. The molecule has 0 saturated carbocycles. The van der Waals surface area contributed by atoms with Crippen LogP contribution in [0.2, 0.25) is 0 Å². The number of benzene rings is 1. The summed E-state index contributed by atoms with van der Waals surface area (Å²) in [6, 6.07) is 11.8. The van der Waals surface area contributed by atoms with Crippen LogP contribution < -0.4 is 10.2 Å². The Labute approximate surface area is 252 Å². The Morgan fingerprint density at radius 1 is 0.714 bits per heavy atom. The summed E-state index contributed by atoms with van der Waals surface area (Å²) in [6.07, 6.45) is 42.1. The highest BCUT2D eigenvalue weighted by molar-refractivity contribution is 5.64. The lowest BCUT2D eigenvalue weighted by Gasteiger charge is -2.50. The van der Waals surface area contributed by atoms with Gasteiger partial charge in [-0.15, -0.1) is 0 Å². The second kappa shape index (κ2) is 11.4. The minimum absolute atomic E-state index is 0.0274. The Morgan fingerprint density at radius 2 is 1.50 bits per heavy atom. The van der Waals surface area contributed by atoms with Crippen molar-refractivity contribution < 1.29 is 0 Å². The fourth-order valence-electron chi connectivity index (χ4n) is 7.54. The first-order valence-electron chi connectivity index (χ1n) is 15.9. The average Bonchev–Trinajstić information content (AvgIpc) is 3.04. The van der Waals surface area contributed by atoms with Crippen LogP contribution >= 0.6 is 0 Å². The summed E-state index contributed by atoms with van der Waals surface area (Å²) in [4.78, 5) is 5.12. The van der Waals surface area contributed by atoms with E-state index in [2.05, 4.69) is 150 Å². The van der Waals surface area contributed by atoms with Gasteiger partial charge in [0.15, 0.2) is 0 Å². The van der Waals surface area contributed by atoms with Crippen molar-refractivity contribution in [3.63, 3.8) is 0 Å². The van der Waals surface area contributed by atoms with E-state index in [1.54, 1.807) is 0 Å². The van der Waals surface area contributed by atoms with Crippen molar-refractivity contribution in [3.8, 4) is 0 Å². The molecular formula is C39H43N3. The lowest BCUT2D eigenvalue weighted by molar-refractivity contribution is 0.223. The molecule has 214 valence electrons. The summed E-state index contributed by atoms with van der Waals surface area (Å²) in [5, 5.41) is 3.95. The molecule has 0 aromatic heterocycles. The van der Waals surface area contributed by atoms with Gasteiger partial charge in [-0.25, -0.2) is 0 Å². The molecule has 4 unspecified atom stereocenters. The van der Waals surface area contributed by atoms with Crippen LogP contribution in [0.25, 0.3) is 0 Å². The highest BCUT2D eigenvalue weighted by Crippen LogP contribution is 2.49. The Morgan fingerprint density at radius 3 is 2.21 bits per heavy atom. The maximum Gasteiger partial charge on any atom is 0.0521 e. The van der Waals surface area contributed by atoms with Gasteiger partial charge in [0, 0.05) is 39.8 Å². The van der Waals surface area contributed by atoms with Crippen molar-refractivity contribution in [2.45, 2.75) is 70.5 Å². The molecule has 1 aromatic rings. The highest BCUT2D eigenvalue weighted by atomic mass is 15.2. The van der Waals surface area contributed by atoms with Crippen LogP contribution in [-0.4, -0.2) is 23.0 Å². The minimum atomic E-state index is -0.0274. The fourth-order valence-corrected chi connectivity index (χ4v) is 7.54. The quantitative estimate of drug-likeness (QED) is 0.380. The molecule has 1 saturated heterocycles. The van der Waals surface area contributed by atoms with E-state index in [0.717, 1.165) is 38.5 Å². The van der Waals surface area contributed by atoms with E-state index in [9.17, 15) is 0 Å². The third-order valence-corrected chi connectivity index (χ3v) is 9.73. The van der Waals surface area contributed by atoms with Gasteiger partial charge in [0.1, 0.15) is 0 Å². The monoisotopic (exact) mass is 553 g/mol. The fraction of sp³-hybridized carbons (Fsp3) is 0.333. The topological polar surface area (TPSA) is 18.5 Å². The average molecular weight is 554 g/mol. The van der Waals surface area contributed by atoms with Gasteiger partial charge in [-0.2, -0.15) is 0 Å². The number of para-hydroxylation sites is 1. The van der Waals surface area contributed by atoms with Crippen LogP contribution in [0.4, 0.5) is 5.69 Å². The van der Waals surface area contributed by atoms with Gasteiger partial charge in [0.25, 0.3) is 0 Å². The van der Waals surface area contributed by atoms with E-state index >= 15 is 0 Å². The molecule has 42 heavy (non-hydrogen) atoms. The Kier molecular flexibility index (Phi) is 7.27. The largest absolute Gasteiger partial charge is 0.378 e. The Bertz CT molecular complexity index is 1500. The number of nitrogens with zero attached hydrogens (tertiary/aromatic N) is 2. The van der Waals surface area contributed by atoms with Crippen molar-refractivity contribution in [2.75, 3.05) is 4.90 Å². The molecule has 0 spiro atoms. The van der Waals surface area contributed by atoms with E-state index in [4.69, 9.17) is 0 Å². The van der Waals surface area contributed by atoms with Crippen molar-refractivity contribution in [2.24, 2.45) is 11.3 Å². The molecule has 1 aromatic carbocycles. The Balaban J connectivity index is 1.24. The van der Waals surface area contributed by atoms with E-state index in [0.29, 0.717) is 18.0 Å². The molecule has 1 heterocycles. The van der Waals surface area contributed by atoms with Crippen LogP contribution in [0.5, 0.6) is 0 Å². The number of hydrogen-bond acceptors (Lipinski definition) is 3. The summed E-state index contributed by atoms with van der Waals surface area (Å²) in [7, 11) is 0. The van der Waals surface area contributed by atoms with Crippen LogP contribution in [0.15, 0.2) is 150 Å². The zero-order chi connectivity index (χ0) is 28.5. The van der Waals surface area contributed by atoms with E-state index < -0.39 is 0 Å². The first kappa shape index (κ1) is 26.9. The molecule has 7 rings (SSSR count). The van der Waals surface area contributed by atoms with Gasteiger partial charge in [0.2, 0.25) is 0 Å².